The summed E-state index contributed by atoms with van der Waals surface area (Å²) in [5.41, 5.74) is 1.51. The van der Waals surface area contributed by atoms with Crippen molar-refractivity contribution in [1.29, 1.82) is 0 Å². The highest BCUT2D eigenvalue weighted by Crippen LogP contribution is 2.23. The molecule has 0 aliphatic carbocycles. The van der Waals surface area contributed by atoms with Gasteiger partial charge in [0.05, 0.1) is 5.56 Å². The Morgan fingerprint density at radius 3 is 2.28 bits per heavy atom. The van der Waals surface area contributed by atoms with Gasteiger partial charge in [0.1, 0.15) is 0 Å². The van der Waals surface area contributed by atoms with Crippen LogP contribution in [0, 0.1) is 0 Å². The molecule has 0 unspecified atom stereocenters. The van der Waals surface area contributed by atoms with Gasteiger partial charge in [0, 0.05) is 6.54 Å². The van der Waals surface area contributed by atoms with Crippen molar-refractivity contribution in [3.63, 3.8) is 0 Å². The summed E-state index contributed by atoms with van der Waals surface area (Å²) in [5, 5.41) is 11.0. The minimum atomic E-state index is -0.877. The van der Waals surface area contributed by atoms with Crippen molar-refractivity contribution in [1.82, 2.24) is 4.90 Å². The Labute approximate surface area is 112 Å². The van der Waals surface area contributed by atoms with Crippen LogP contribution in [0.5, 0.6) is 0 Å². The molecule has 0 radical (unpaired) electrons. The van der Waals surface area contributed by atoms with Crippen molar-refractivity contribution in [3.8, 4) is 0 Å². The molecule has 0 aliphatic rings. The van der Waals surface area contributed by atoms with E-state index in [0.717, 1.165) is 22.9 Å². The first kappa shape index (κ1) is 14.5. The molecular formula is C14H16ClNO2. The molecule has 0 saturated heterocycles. The number of nitrogens with zero attached hydrogens (tertiary/aromatic N) is 1. The molecule has 18 heavy (non-hydrogen) atoms. The van der Waals surface area contributed by atoms with E-state index in [9.17, 15) is 4.79 Å². The molecule has 0 aliphatic heterocycles. The topological polar surface area (TPSA) is 40.5 Å². The minimum absolute atomic E-state index is 0. The van der Waals surface area contributed by atoms with Gasteiger partial charge in [-0.05, 0) is 36.5 Å². The van der Waals surface area contributed by atoms with Gasteiger partial charge in [-0.15, -0.1) is 12.4 Å². The standard InChI is InChI=1S/C14H15NO2.ClH/c1-15(2)9-10-7-8-13(14(16)17)12-6-4-3-5-11(10)12;/h3-8H,9H2,1-2H3,(H,16,17);1H. The molecular weight excluding hydrogens is 250 g/mol. The van der Waals surface area contributed by atoms with Crippen LogP contribution in [0.4, 0.5) is 0 Å². The molecule has 0 amide bonds. The van der Waals surface area contributed by atoms with Crippen LogP contribution >= 0.6 is 12.4 Å². The third-order valence-corrected chi connectivity index (χ3v) is 2.73. The summed E-state index contributed by atoms with van der Waals surface area (Å²) in [5.74, 6) is -0.877. The van der Waals surface area contributed by atoms with E-state index in [2.05, 4.69) is 4.90 Å². The highest BCUT2D eigenvalue weighted by Gasteiger charge is 2.10. The smallest absolute Gasteiger partial charge is 0.336 e. The third kappa shape index (κ3) is 2.81. The van der Waals surface area contributed by atoms with Gasteiger partial charge in [0.15, 0.2) is 0 Å². The monoisotopic (exact) mass is 265 g/mol. The van der Waals surface area contributed by atoms with E-state index in [1.807, 2.05) is 44.4 Å². The maximum absolute atomic E-state index is 11.1. The Hall–Kier alpha value is -1.58. The molecule has 0 fully saturated rings. The summed E-state index contributed by atoms with van der Waals surface area (Å²) < 4.78 is 0. The fraction of sp³-hybridized carbons (Fsp3) is 0.214. The fourth-order valence-electron chi connectivity index (χ4n) is 2.03. The van der Waals surface area contributed by atoms with Gasteiger partial charge in [-0.3, -0.25) is 0 Å². The van der Waals surface area contributed by atoms with Crippen molar-refractivity contribution in [2.24, 2.45) is 0 Å². The molecule has 0 aromatic heterocycles. The van der Waals surface area contributed by atoms with Gasteiger partial charge in [-0.1, -0.05) is 30.3 Å². The predicted molar refractivity (Wildman–Crippen MR) is 75.5 cm³/mol. The Morgan fingerprint density at radius 2 is 1.72 bits per heavy atom. The number of carboxylic acid groups (broad SMARTS) is 1. The molecule has 2 aromatic rings. The van der Waals surface area contributed by atoms with Gasteiger partial charge in [0.25, 0.3) is 0 Å². The zero-order valence-corrected chi connectivity index (χ0v) is 11.2. The van der Waals surface area contributed by atoms with Gasteiger partial charge in [-0.25, -0.2) is 4.79 Å². The summed E-state index contributed by atoms with van der Waals surface area (Å²) in [6.07, 6.45) is 0. The quantitative estimate of drug-likeness (QED) is 0.927. The Bertz CT molecular complexity index is 567. The van der Waals surface area contributed by atoms with Crippen molar-refractivity contribution >= 4 is 29.1 Å². The van der Waals surface area contributed by atoms with Crippen LogP contribution in [0.1, 0.15) is 15.9 Å². The lowest BCUT2D eigenvalue weighted by molar-refractivity contribution is 0.0699. The summed E-state index contributed by atoms with van der Waals surface area (Å²) in [6.45, 7) is 0.806. The molecule has 0 bridgehead atoms. The van der Waals surface area contributed by atoms with E-state index in [1.54, 1.807) is 6.07 Å². The number of rotatable bonds is 3. The second-order valence-electron chi connectivity index (χ2n) is 4.36. The van der Waals surface area contributed by atoms with Crippen LogP contribution in [0.25, 0.3) is 10.8 Å². The highest BCUT2D eigenvalue weighted by atomic mass is 35.5. The Kier molecular flexibility index (Phi) is 4.70. The number of hydrogen-bond donors (Lipinski definition) is 1. The average molecular weight is 266 g/mol. The van der Waals surface area contributed by atoms with E-state index in [1.165, 1.54) is 0 Å². The van der Waals surface area contributed by atoms with Crippen molar-refractivity contribution < 1.29 is 9.90 Å². The van der Waals surface area contributed by atoms with Crippen LogP contribution < -0.4 is 0 Å². The SMILES string of the molecule is CN(C)Cc1ccc(C(=O)O)c2ccccc12.Cl. The molecule has 1 N–H and O–H groups in total. The number of carbonyl (C=O) groups is 1. The van der Waals surface area contributed by atoms with E-state index in [0.29, 0.717) is 5.56 Å². The summed E-state index contributed by atoms with van der Waals surface area (Å²) in [7, 11) is 4.00. The van der Waals surface area contributed by atoms with Gasteiger partial charge in [0.2, 0.25) is 0 Å². The number of halogens is 1. The minimum Gasteiger partial charge on any atom is -0.478 e. The number of hydrogen-bond acceptors (Lipinski definition) is 2. The Balaban J connectivity index is 0.00000162. The first-order chi connectivity index (χ1) is 8.09. The van der Waals surface area contributed by atoms with Crippen LogP contribution in [0.2, 0.25) is 0 Å². The van der Waals surface area contributed by atoms with E-state index in [4.69, 9.17) is 5.11 Å². The molecule has 4 heteroatoms. The van der Waals surface area contributed by atoms with E-state index in [-0.39, 0.29) is 12.4 Å². The zero-order chi connectivity index (χ0) is 12.4. The highest BCUT2D eigenvalue weighted by molar-refractivity contribution is 6.04. The number of fused-ring (bicyclic) bond motifs is 1. The fourth-order valence-corrected chi connectivity index (χ4v) is 2.03. The summed E-state index contributed by atoms with van der Waals surface area (Å²) in [6, 6.07) is 11.2. The van der Waals surface area contributed by atoms with E-state index >= 15 is 0 Å². The lowest BCUT2D eigenvalue weighted by Crippen LogP contribution is -2.11. The Morgan fingerprint density at radius 1 is 1.11 bits per heavy atom. The number of carboxylic acids is 1. The number of benzene rings is 2. The first-order valence-electron chi connectivity index (χ1n) is 5.48. The summed E-state index contributed by atoms with van der Waals surface area (Å²) in [4.78, 5) is 13.2. The van der Waals surface area contributed by atoms with Gasteiger partial charge < -0.3 is 10.0 Å². The van der Waals surface area contributed by atoms with Crippen LogP contribution in [0.3, 0.4) is 0 Å². The predicted octanol–water partition coefficient (Wildman–Crippen LogP) is 3.02. The number of aromatic carboxylic acids is 1. The maximum atomic E-state index is 11.1. The zero-order valence-electron chi connectivity index (χ0n) is 10.4. The maximum Gasteiger partial charge on any atom is 0.336 e. The van der Waals surface area contributed by atoms with Crippen molar-refractivity contribution in [3.05, 3.63) is 47.5 Å². The van der Waals surface area contributed by atoms with Crippen LogP contribution in [0.15, 0.2) is 36.4 Å². The molecule has 0 saturated carbocycles. The largest absolute Gasteiger partial charge is 0.478 e. The van der Waals surface area contributed by atoms with Crippen molar-refractivity contribution in [2.75, 3.05) is 14.1 Å². The second-order valence-corrected chi connectivity index (χ2v) is 4.36. The van der Waals surface area contributed by atoms with Gasteiger partial charge >= 0.3 is 5.97 Å². The lowest BCUT2D eigenvalue weighted by atomic mass is 9.99. The molecule has 0 heterocycles. The third-order valence-electron chi connectivity index (χ3n) is 2.73. The molecule has 0 atom stereocenters. The first-order valence-corrected chi connectivity index (χ1v) is 5.48. The van der Waals surface area contributed by atoms with Gasteiger partial charge in [-0.2, -0.15) is 0 Å². The van der Waals surface area contributed by atoms with Crippen LogP contribution in [-0.4, -0.2) is 30.1 Å². The van der Waals surface area contributed by atoms with Crippen LogP contribution in [-0.2, 0) is 6.54 Å². The molecule has 2 aromatic carbocycles. The molecule has 2 rings (SSSR count). The molecule has 3 nitrogen and oxygen atoms in total. The van der Waals surface area contributed by atoms with E-state index < -0.39 is 5.97 Å². The lowest BCUT2D eigenvalue weighted by Gasteiger charge is -2.13. The molecule has 0 spiro atoms. The second kappa shape index (κ2) is 5.85. The van der Waals surface area contributed by atoms with Crippen molar-refractivity contribution in [2.45, 2.75) is 6.54 Å². The average Bonchev–Trinajstić information content (AvgIpc) is 2.28. The molecule has 96 valence electrons. The normalized spacial score (nSPS) is 10.4. The summed E-state index contributed by atoms with van der Waals surface area (Å²) >= 11 is 0.